The van der Waals surface area contributed by atoms with Crippen molar-refractivity contribution < 1.29 is 22.1 Å². The van der Waals surface area contributed by atoms with E-state index in [-0.39, 0.29) is 4.47 Å². The van der Waals surface area contributed by atoms with Crippen LogP contribution in [0.4, 0.5) is 4.39 Å². The minimum Gasteiger partial charge on any atom is -0.465 e. The summed E-state index contributed by atoms with van der Waals surface area (Å²) >= 11 is 2.75. The molecule has 0 bridgehead atoms. The van der Waals surface area contributed by atoms with E-state index in [9.17, 15) is 9.18 Å². The molecule has 4 heteroatoms. The van der Waals surface area contributed by atoms with Gasteiger partial charge < -0.3 is 4.74 Å². The molecule has 0 aliphatic heterocycles. The lowest BCUT2D eigenvalue weighted by atomic mass is 10.2. The first-order chi connectivity index (χ1) is 8.06. The Hall–Kier alpha value is -0.900. The van der Waals surface area contributed by atoms with E-state index in [1.54, 1.807) is 0 Å². The van der Waals surface area contributed by atoms with Crippen LogP contribution >= 0.6 is 15.9 Å². The number of hydrogen-bond donors (Lipinski definition) is 0. The highest BCUT2D eigenvalue weighted by atomic mass is 79.9. The Morgan fingerprint density at radius 2 is 2.58 bits per heavy atom. The molecule has 0 aliphatic rings. The molecule has 0 fully saturated rings. The molecule has 0 spiro atoms. The van der Waals surface area contributed by atoms with Gasteiger partial charge in [-0.1, -0.05) is 0 Å². The number of carbonyl (C=O) groups is 1. The fraction of sp³-hybridized carbons (Fsp3) is 0.125. The van der Waals surface area contributed by atoms with Crippen LogP contribution in [0, 0.1) is 5.82 Å². The number of carbonyl (C=O) groups excluding carboxylic acids is 1. The molecule has 0 N–H and O–H groups in total. The van der Waals surface area contributed by atoms with E-state index in [0.29, 0.717) is 0 Å². The monoisotopic (exact) mass is 238 g/mol. The summed E-state index contributed by atoms with van der Waals surface area (Å²) in [5.41, 5.74) is -0.732. The Bertz CT molecular complexity index is 486. The van der Waals surface area contributed by atoms with Gasteiger partial charge in [0.1, 0.15) is 5.82 Å². The van der Waals surface area contributed by atoms with Gasteiger partial charge in [-0.3, -0.25) is 0 Å². The van der Waals surface area contributed by atoms with Gasteiger partial charge in [-0.05, 0) is 34.1 Å². The van der Waals surface area contributed by atoms with E-state index in [4.69, 9.17) is 8.22 Å². The Morgan fingerprint density at radius 3 is 3.25 bits per heavy atom. The zero-order valence-corrected chi connectivity index (χ0v) is 7.16. The Labute approximate surface area is 85.9 Å². The number of rotatable bonds is 1. The highest BCUT2D eigenvalue weighted by molar-refractivity contribution is 9.10. The van der Waals surface area contributed by atoms with Gasteiger partial charge in [0.15, 0.2) is 0 Å². The molecule has 0 radical (unpaired) electrons. The summed E-state index contributed by atoms with van der Waals surface area (Å²) in [4.78, 5) is 11.5. The molecular weight excluding hydrogens is 227 g/mol. The average molecular weight is 239 g/mol. The number of halogens is 2. The summed E-state index contributed by atoms with van der Waals surface area (Å²) in [6.45, 7) is 0. The second-order valence-corrected chi connectivity index (χ2v) is 2.56. The van der Waals surface area contributed by atoms with Crippen molar-refractivity contribution in [1.29, 1.82) is 0 Å². The molecular formula is C8H6BrFO2. The maximum absolute atomic E-state index is 13.4. The molecule has 0 amide bonds. The molecule has 64 valence electrons. The quantitative estimate of drug-likeness (QED) is 0.703. The normalized spacial score (nSPS) is 17.8. The van der Waals surface area contributed by atoms with Gasteiger partial charge in [0.05, 0.1) is 20.8 Å². The van der Waals surface area contributed by atoms with Crippen LogP contribution in [-0.4, -0.2) is 13.0 Å². The molecule has 0 atom stereocenters. The van der Waals surface area contributed by atoms with Gasteiger partial charge in [-0.2, -0.15) is 0 Å². The van der Waals surface area contributed by atoms with E-state index in [1.165, 1.54) is 0 Å². The first-order valence-corrected chi connectivity index (χ1v) is 3.53. The van der Waals surface area contributed by atoms with Crippen molar-refractivity contribution in [3.05, 3.63) is 34.0 Å². The maximum Gasteiger partial charge on any atom is 0.339 e. The third-order valence-electron chi connectivity index (χ3n) is 1.03. The summed E-state index contributed by atoms with van der Waals surface area (Å²) < 4.78 is 59.1. The van der Waals surface area contributed by atoms with Crippen molar-refractivity contribution in [2.24, 2.45) is 0 Å². The molecule has 12 heavy (non-hydrogen) atoms. The van der Waals surface area contributed by atoms with Crippen LogP contribution in [0.2, 0.25) is 0 Å². The number of methoxy groups -OCH3 is 1. The van der Waals surface area contributed by atoms with Gasteiger partial charge in [-0.25, -0.2) is 9.18 Å². The van der Waals surface area contributed by atoms with Crippen LogP contribution in [0.3, 0.4) is 0 Å². The Balaban J connectivity index is 3.38. The molecule has 0 aromatic heterocycles. The SMILES string of the molecule is [2H]c1c([2H])c(Br)c(C(=O)OC([2H])([2H])[2H])c([2H])c1F. The molecule has 1 aromatic rings. The minimum atomic E-state index is -3.04. The minimum absolute atomic E-state index is 0.354. The lowest BCUT2D eigenvalue weighted by Gasteiger charge is -2.01. The van der Waals surface area contributed by atoms with Crippen molar-refractivity contribution in [1.82, 2.24) is 0 Å². The van der Waals surface area contributed by atoms with E-state index in [1.807, 2.05) is 0 Å². The summed E-state index contributed by atoms with van der Waals surface area (Å²) in [6, 6.07) is -2.52. The van der Waals surface area contributed by atoms with Crippen LogP contribution < -0.4 is 0 Å². The fourth-order valence-corrected chi connectivity index (χ4v) is 0.920. The second kappa shape index (κ2) is 3.67. The summed E-state index contributed by atoms with van der Waals surface area (Å²) in [5, 5.41) is 0. The van der Waals surface area contributed by atoms with Crippen molar-refractivity contribution in [2.75, 3.05) is 7.04 Å². The predicted octanol–water partition coefficient (Wildman–Crippen LogP) is 2.37. The fourth-order valence-electron chi connectivity index (χ4n) is 0.560. The van der Waals surface area contributed by atoms with Crippen molar-refractivity contribution in [3.8, 4) is 0 Å². The van der Waals surface area contributed by atoms with Crippen LogP contribution in [0.1, 0.15) is 18.6 Å². The van der Waals surface area contributed by atoms with Gasteiger partial charge >= 0.3 is 5.97 Å². The third kappa shape index (κ3) is 1.82. The first-order valence-electron chi connectivity index (χ1n) is 5.74. The largest absolute Gasteiger partial charge is 0.465 e. The van der Waals surface area contributed by atoms with E-state index in [2.05, 4.69) is 20.7 Å². The number of hydrogen-bond acceptors (Lipinski definition) is 2. The lowest BCUT2D eigenvalue weighted by molar-refractivity contribution is 0.0599. The molecule has 0 saturated carbocycles. The molecule has 0 heterocycles. The molecule has 1 aromatic carbocycles. The standard InChI is InChI=1S/C8H6BrFO2/c1-12-8(11)6-4-5(10)2-3-7(6)9/h2-4H,1H3/i1D3,2D,3D,4D. The van der Waals surface area contributed by atoms with Crippen molar-refractivity contribution in [3.63, 3.8) is 0 Å². The molecule has 0 unspecified atom stereocenters. The number of esters is 1. The molecule has 0 saturated heterocycles. The van der Waals surface area contributed by atoms with E-state index < -0.39 is 42.5 Å². The highest BCUT2D eigenvalue weighted by Gasteiger charge is 2.10. The van der Waals surface area contributed by atoms with E-state index >= 15 is 0 Å². The highest BCUT2D eigenvalue weighted by Crippen LogP contribution is 2.18. The lowest BCUT2D eigenvalue weighted by Crippen LogP contribution is -2.02. The summed E-state index contributed by atoms with van der Waals surface area (Å²) in [6.07, 6.45) is 0. The smallest absolute Gasteiger partial charge is 0.339 e. The van der Waals surface area contributed by atoms with Crippen LogP contribution in [0.5, 0.6) is 0 Å². The van der Waals surface area contributed by atoms with Crippen molar-refractivity contribution in [2.45, 2.75) is 0 Å². The first kappa shape index (κ1) is 3.87. The predicted molar refractivity (Wildman–Crippen MR) is 45.4 cm³/mol. The summed E-state index contributed by atoms with van der Waals surface area (Å²) in [7, 11) is -3.04. The van der Waals surface area contributed by atoms with Gasteiger partial charge in [-0.15, -0.1) is 0 Å². The second-order valence-electron chi connectivity index (χ2n) is 1.77. The zero-order chi connectivity index (χ0) is 14.2. The van der Waals surface area contributed by atoms with Crippen LogP contribution in [-0.2, 0) is 4.74 Å². The van der Waals surface area contributed by atoms with E-state index in [0.717, 1.165) is 0 Å². The third-order valence-corrected chi connectivity index (χ3v) is 1.63. The van der Waals surface area contributed by atoms with Gasteiger partial charge in [0, 0.05) is 4.47 Å². The Morgan fingerprint density at radius 1 is 1.83 bits per heavy atom. The summed E-state index contributed by atoms with van der Waals surface area (Å²) in [5.74, 6) is -2.85. The molecule has 2 nitrogen and oxygen atoms in total. The Kier molecular flexibility index (Phi) is 1.18. The number of benzene rings is 1. The average Bonchev–Trinajstić information content (AvgIpc) is 2.21. The van der Waals surface area contributed by atoms with Gasteiger partial charge in [0.2, 0.25) is 0 Å². The molecule has 1 rings (SSSR count). The van der Waals surface area contributed by atoms with Gasteiger partial charge in [0.25, 0.3) is 0 Å². The van der Waals surface area contributed by atoms with Crippen LogP contribution in [0.15, 0.2) is 22.6 Å². The topological polar surface area (TPSA) is 26.3 Å². The van der Waals surface area contributed by atoms with Crippen molar-refractivity contribution >= 4 is 21.9 Å². The number of ether oxygens (including phenoxy) is 1. The molecule has 0 aliphatic carbocycles. The zero-order valence-electron chi connectivity index (χ0n) is 11.6. The van der Waals surface area contributed by atoms with Crippen LogP contribution in [0.25, 0.3) is 0 Å². The maximum atomic E-state index is 13.4.